The average molecular weight is 422 g/mol. The van der Waals surface area contributed by atoms with E-state index in [1.165, 1.54) is 10.5 Å². The highest BCUT2D eigenvalue weighted by Crippen LogP contribution is 2.55. The highest BCUT2D eigenvalue weighted by Gasteiger charge is 2.60. The summed E-state index contributed by atoms with van der Waals surface area (Å²) in [7, 11) is 0. The third-order valence-corrected chi connectivity index (χ3v) is 6.93. The summed E-state index contributed by atoms with van der Waals surface area (Å²) >= 11 is 6.08. The summed E-state index contributed by atoms with van der Waals surface area (Å²) in [6.45, 7) is 2.12. The van der Waals surface area contributed by atoms with Gasteiger partial charge in [-0.05, 0) is 55.5 Å². The molecule has 2 aliphatic carbocycles. The predicted molar refractivity (Wildman–Crippen MR) is 112 cm³/mol. The van der Waals surface area contributed by atoms with E-state index in [4.69, 9.17) is 16.3 Å². The molecule has 6 heteroatoms. The molecule has 1 saturated carbocycles. The quantitative estimate of drug-likeness (QED) is 0.417. The number of carbonyl (C=O) groups is 3. The first-order chi connectivity index (χ1) is 14.5. The number of hydrogen-bond donors (Lipinski definition) is 0. The Morgan fingerprint density at radius 2 is 1.77 bits per heavy atom. The molecule has 30 heavy (non-hydrogen) atoms. The summed E-state index contributed by atoms with van der Waals surface area (Å²) in [4.78, 5) is 39.6. The molecule has 2 amide bonds. The second-order valence-electron chi connectivity index (χ2n) is 8.19. The maximum atomic E-state index is 13.0. The first-order valence-corrected chi connectivity index (χ1v) is 10.4. The van der Waals surface area contributed by atoms with Crippen molar-refractivity contribution in [1.82, 2.24) is 0 Å². The zero-order chi connectivity index (χ0) is 21.0. The van der Waals surface area contributed by atoms with E-state index < -0.39 is 5.97 Å². The van der Waals surface area contributed by atoms with E-state index in [9.17, 15) is 14.4 Å². The monoisotopic (exact) mass is 421 g/mol. The fraction of sp³-hybridized carbons (Fsp3) is 0.292. The highest BCUT2D eigenvalue weighted by atomic mass is 35.5. The topological polar surface area (TPSA) is 63.7 Å². The normalized spacial score (nSPS) is 26.7. The van der Waals surface area contributed by atoms with Gasteiger partial charge < -0.3 is 4.74 Å². The number of nitrogens with zero attached hydrogens (tertiary/aromatic N) is 1. The summed E-state index contributed by atoms with van der Waals surface area (Å²) in [5, 5.41) is 0.538. The molecular formula is C24H20ClNO4. The molecule has 1 saturated heterocycles. The number of amides is 2. The largest absolute Gasteiger partial charge is 0.457 e. The van der Waals surface area contributed by atoms with E-state index >= 15 is 0 Å². The Bertz CT molecular complexity index is 1090. The second kappa shape index (κ2) is 7.10. The van der Waals surface area contributed by atoms with Gasteiger partial charge in [0.2, 0.25) is 11.8 Å². The van der Waals surface area contributed by atoms with Crippen molar-refractivity contribution in [3.05, 3.63) is 76.3 Å². The number of esters is 1. The number of halogens is 1. The summed E-state index contributed by atoms with van der Waals surface area (Å²) in [5.41, 5.74) is 2.80. The summed E-state index contributed by atoms with van der Waals surface area (Å²) < 4.78 is 5.33. The lowest BCUT2D eigenvalue weighted by Crippen LogP contribution is -2.32. The predicted octanol–water partition coefficient (Wildman–Crippen LogP) is 4.40. The van der Waals surface area contributed by atoms with Crippen LogP contribution in [-0.4, -0.2) is 17.8 Å². The van der Waals surface area contributed by atoms with Gasteiger partial charge in [0.15, 0.2) is 0 Å². The Kier molecular flexibility index (Phi) is 4.51. The van der Waals surface area contributed by atoms with Crippen LogP contribution in [0.5, 0.6) is 0 Å². The van der Waals surface area contributed by atoms with Gasteiger partial charge in [-0.3, -0.25) is 14.5 Å². The van der Waals surface area contributed by atoms with Crippen molar-refractivity contribution in [2.24, 2.45) is 23.7 Å². The fourth-order valence-corrected chi connectivity index (χ4v) is 5.31. The molecule has 2 aromatic carbocycles. The molecule has 1 aliphatic heterocycles. The van der Waals surface area contributed by atoms with Crippen molar-refractivity contribution in [3.63, 3.8) is 0 Å². The van der Waals surface area contributed by atoms with Crippen LogP contribution in [-0.2, 0) is 20.9 Å². The van der Waals surface area contributed by atoms with Crippen molar-refractivity contribution in [2.45, 2.75) is 20.0 Å². The molecule has 0 unspecified atom stereocenters. The van der Waals surface area contributed by atoms with Gasteiger partial charge in [0.25, 0.3) is 0 Å². The molecule has 152 valence electrons. The van der Waals surface area contributed by atoms with Crippen LogP contribution in [0, 0.1) is 23.7 Å². The third kappa shape index (κ3) is 2.88. The average Bonchev–Trinajstić information content (AvgIpc) is 3.38. The molecule has 1 heterocycles. The lowest BCUT2D eigenvalue weighted by Gasteiger charge is -2.19. The Labute approximate surface area is 179 Å². The molecule has 2 fully saturated rings. The van der Waals surface area contributed by atoms with Crippen LogP contribution in [0.1, 0.15) is 29.3 Å². The van der Waals surface area contributed by atoms with Crippen LogP contribution in [0.15, 0.2) is 60.2 Å². The fourth-order valence-electron chi connectivity index (χ4n) is 5.12. The molecule has 0 N–H and O–H groups in total. The summed E-state index contributed by atoms with van der Waals surface area (Å²) in [6, 6.07) is 13.6. The van der Waals surface area contributed by atoms with E-state index in [0.29, 0.717) is 16.3 Å². The lowest BCUT2D eigenvalue weighted by atomic mass is 9.82. The minimum absolute atomic E-state index is 0.0713. The van der Waals surface area contributed by atoms with E-state index in [0.717, 1.165) is 12.0 Å². The smallest absolute Gasteiger partial charge is 0.338 e. The van der Waals surface area contributed by atoms with E-state index in [1.807, 2.05) is 19.1 Å². The first-order valence-electron chi connectivity index (χ1n) is 10.0. The van der Waals surface area contributed by atoms with Crippen molar-refractivity contribution in [2.75, 3.05) is 4.90 Å². The Hall–Kier alpha value is -2.92. The Balaban J connectivity index is 1.30. The maximum Gasteiger partial charge on any atom is 0.338 e. The van der Waals surface area contributed by atoms with Gasteiger partial charge in [-0.25, -0.2) is 4.79 Å². The molecular weight excluding hydrogens is 402 g/mol. The molecule has 0 radical (unpaired) electrons. The molecule has 2 aromatic rings. The van der Waals surface area contributed by atoms with Gasteiger partial charge in [0.1, 0.15) is 6.61 Å². The standard InChI is InChI=1S/C24H20ClNO4/c1-13-10-16-11-18(13)21-20(16)22(27)26(23(21)28)17-8-6-14(7-9-17)24(29)30-12-15-4-2-3-5-19(15)25/h2-10,16,18,20-21H,11-12H2,1H3/t16-,18-,20-,21-/m0/s1. The van der Waals surface area contributed by atoms with Crippen LogP contribution in [0.2, 0.25) is 5.02 Å². The van der Waals surface area contributed by atoms with E-state index in [2.05, 4.69) is 6.08 Å². The van der Waals surface area contributed by atoms with Gasteiger partial charge in [-0.15, -0.1) is 0 Å². The molecule has 2 bridgehead atoms. The minimum atomic E-state index is -0.490. The number of ether oxygens (including phenoxy) is 1. The lowest BCUT2D eigenvalue weighted by molar-refractivity contribution is -0.123. The second-order valence-corrected chi connectivity index (χ2v) is 8.60. The molecule has 0 aromatic heterocycles. The zero-order valence-electron chi connectivity index (χ0n) is 16.4. The van der Waals surface area contributed by atoms with Crippen molar-refractivity contribution >= 4 is 35.1 Å². The highest BCUT2D eigenvalue weighted by molar-refractivity contribution is 6.31. The van der Waals surface area contributed by atoms with Gasteiger partial charge in [-0.2, -0.15) is 0 Å². The molecule has 3 aliphatic rings. The van der Waals surface area contributed by atoms with Crippen LogP contribution in [0.4, 0.5) is 5.69 Å². The van der Waals surface area contributed by atoms with Crippen molar-refractivity contribution < 1.29 is 19.1 Å². The van der Waals surface area contributed by atoms with Crippen LogP contribution in [0.25, 0.3) is 0 Å². The van der Waals surface area contributed by atoms with Crippen LogP contribution >= 0.6 is 11.6 Å². The summed E-state index contributed by atoms with van der Waals surface area (Å²) in [6.07, 6.45) is 3.06. The molecule has 4 atom stereocenters. The number of benzene rings is 2. The molecule has 5 rings (SSSR count). The molecule has 5 nitrogen and oxygen atoms in total. The van der Waals surface area contributed by atoms with Gasteiger partial charge in [0, 0.05) is 10.6 Å². The van der Waals surface area contributed by atoms with Crippen LogP contribution in [0.3, 0.4) is 0 Å². The number of hydrogen-bond acceptors (Lipinski definition) is 4. The van der Waals surface area contributed by atoms with Crippen molar-refractivity contribution in [1.29, 1.82) is 0 Å². The van der Waals surface area contributed by atoms with Gasteiger partial charge in [-0.1, -0.05) is 41.4 Å². The number of allylic oxidation sites excluding steroid dienone is 2. The van der Waals surface area contributed by atoms with Gasteiger partial charge in [0.05, 0.1) is 23.1 Å². The number of carbonyl (C=O) groups excluding carboxylic acids is 3. The summed E-state index contributed by atoms with van der Waals surface area (Å²) in [5.74, 6) is -0.884. The van der Waals surface area contributed by atoms with Crippen molar-refractivity contribution in [3.8, 4) is 0 Å². The van der Waals surface area contributed by atoms with Crippen LogP contribution < -0.4 is 4.90 Å². The first kappa shape index (κ1) is 19.1. The zero-order valence-corrected chi connectivity index (χ0v) is 17.1. The number of fused-ring (bicyclic) bond motifs is 5. The van der Waals surface area contributed by atoms with Gasteiger partial charge >= 0.3 is 5.97 Å². The Morgan fingerprint density at radius 1 is 1.07 bits per heavy atom. The van der Waals surface area contributed by atoms with E-state index in [-0.39, 0.29) is 42.1 Å². The minimum Gasteiger partial charge on any atom is -0.457 e. The third-order valence-electron chi connectivity index (χ3n) is 6.56. The number of imide groups is 1. The molecule has 0 spiro atoms. The SMILES string of the molecule is CC1=C[C@H]2C[C@@H]1[C@@H]1C(=O)N(c3ccc(C(=O)OCc4ccccc4Cl)cc3)C(=O)[C@H]12. The maximum absolute atomic E-state index is 13.0. The Morgan fingerprint density at radius 3 is 2.50 bits per heavy atom. The number of rotatable bonds is 4. The van der Waals surface area contributed by atoms with E-state index in [1.54, 1.807) is 36.4 Å². The number of anilines is 1.